The second-order valence-corrected chi connectivity index (χ2v) is 7.72. The van der Waals surface area contributed by atoms with Gasteiger partial charge in [-0.2, -0.15) is 16.9 Å². The van der Waals surface area contributed by atoms with Gasteiger partial charge in [0.1, 0.15) is 0 Å². The Balaban J connectivity index is 1.58. The van der Waals surface area contributed by atoms with Gasteiger partial charge in [0.25, 0.3) is 0 Å². The van der Waals surface area contributed by atoms with Crippen LogP contribution in [-0.2, 0) is 6.42 Å². The molecule has 0 aromatic carbocycles. The van der Waals surface area contributed by atoms with Gasteiger partial charge >= 0.3 is 0 Å². The van der Waals surface area contributed by atoms with Crippen LogP contribution in [0.3, 0.4) is 0 Å². The lowest BCUT2D eigenvalue weighted by atomic mass is 9.96. The highest BCUT2D eigenvalue weighted by atomic mass is 32.2. The number of nitrogens with zero attached hydrogens (tertiary/aromatic N) is 3. The van der Waals surface area contributed by atoms with Crippen LogP contribution >= 0.6 is 11.8 Å². The van der Waals surface area contributed by atoms with Gasteiger partial charge in [-0.3, -0.25) is 4.68 Å². The first-order chi connectivity index (χ1) is 10.2. The number of nitrogens with two attached hydrogens (primary N) is 1. The van der Waals surface area contributed by atoms with E-state index in [4.69, 9.17) is 10.8 Å². The van der Waals surface area contributed by atoms with Crippen molar-refractivity contribution in [3.63, 3.8) is 0 Å². The molecule has 21 heavy (non-hydrogen) atoms. The molecule has 0 amide bonds. The van der Waals surface area contributed by atoms with Crippen LogP contribution in [0.4, 0.5) is 0 Å². The van der Waals surface area contributed by atoms with E-state index >= 15 is 0 Å². The molecule has 0 spiro atoms. The molecule has 1 aliphatic carbocycles. The van der Waals surface area contributed by atoms with Crippen LogP contribution in [0.5, 0.6) is 0 Å². The van der Waals surface area contributed by atoms with Gasteiger partial charge in [-0.05, 0) is 26.0 Å². The highest BCUT2D eigenvalue weighted by molar-refractivity contribution is 7.99. The topological polar surface area (TPSA) is 47.1 Å². The van der Waals surface area contributed by atoms with E-state index in [1.54, 1.807) is 0 Å². The molecular weight excluding hydrogens is 280 g/mol. The van der Waals surface area contributed by atoms with E-state index in [-0.39, 0.29) is 6.04 Å². The summed E-state index contributed by atoms with van der Waals surface area (Å²) in [5.74, 6) is 2.39. The number of hydrogen-bond donors (Lipinski definition) is 1. The summed E-state index contributed by atoms with van der Waals surface area (Å²) in [5, 5.41) is 4.81. The molecule has 1 saturated carbocycles. The fourth-order valence-electron chi connectivity index (χ4n) is 3.57. The van der Waals surface area contributed by atoms with Crippen LogP contribution in [0.15, 0.2) is 12.3 Å². The summed E-state index contributed by atoms with van der Waals surface area (Å²) >= 11 is 2.03. The molecule has 118 valence electrons. The average Bonchev–Trinajstić information content (AvgIpc) is 2.97. The Bertz CT molecular complexity index is 441. The Morgan fingerprint density at radius 2 is 2.19 bits per heavy atom. The molecule has 1 aliphatic heterocycles. The van der Waals surface area contributed by atoms with Crippen molar-refractivity contribution in [2.24, 2.45) is 5.73 Å². The molecule has 2 atom stereocenters. The molecule has 2 N–H and O–H groups in total. The van der Waals surface area contributed by atoms with Crippen LogP contribution in [-0.4, -0.2) is 51.9 Å². The van der Waals surface area contributed by atoms with E-state index < -0.39 is 0 Å². The zero-order valence-corrected chi connectivity index (χ0v) is 13.9. The van der Waals surface area contributed by atoms with E-state index in [0.29, 0.717) is 12.1 Å². The van der Waals surface area contributed by atoms with Crippen molar-refractivity contribution >= 4 is 11.8 Å². The maximum Gasteiger partial charge on any atom is 0.0640 e. The Labute approximate surface area is 132 Å². The molecule has 2 fully saturated rings. The molecule has 1 saturated heterocycles. The van der Waals surface area contributed by atoms with Crippen LogP contribution in [0, 0.1) is 0 Å². The van der Waals surface area contributed by atoms with E-state index in [9.17, 15) is 0 Å². The van der Waals surface area contributed by atoms with Gasteiger partial charge in [0.2, 0.25) is 0 Å². The number of rotatable bonds is 4. The van der Waals surface area contributed by atoms with E-state index in [1.165, 1.54) is 37.9 Å². The normalized spacial score (nSPS) is 26.9. The summed E-state index contributed by atoms with van der Waals surface area (Å²) in [6.45, 7) is 1.15. The SMILES string of the molecule is CN1CCSCC1C(N)Cc1ccn(C2CCCCC2)n1. The third-order valence-electron chi connectivity index (χ3n) is 4.99. The number of hydrogen-bond acceptors (Lipinski definition) is 4. The minimum absolute atomic E-state index is 0.192. The van der Waals surface area contributed by atoms with Crippen molar-refractivity contribution in [2.75, 3.05) is 25.1 Å². The van der Waals surface area contributed by atoms with Crippen molar-refractivity contribution in [3.8, 4) is 0 Å². The van der Waals surface area contributed by atoms with Gasteiger partial charge in [-0.15, -0.1) is 0 Å². The lowest BCUT2D eigenvalue weighted by Crippen LogP contribution is -2.51. The third kappa shape index (κ3) is 3.82. The third-order valence-corrected chi connectivity index (χ3v) is 6.04. The second kappa shape index (κ2) is 7.16. The maximum absolute atomic E-state index is 6.45. The van der Waals surface area contributed by atoms with Crippen LogP contribution in [0.25, 0.3) is 0 Å². The molecule has 3 rings (SSSR count). The predicted octanol–water partition coefficient (Wildman–Crippen LogP) is 2.31. The Kier molecular flexibility index (Phi) is 5.24. The highest BCUT2D eigenvalue weighted by Crippen LogP contribution is 2.27. The number of aromatic nitrogens is 2. The van der Waals surface area contributed by atoms with Crippen LogP contribution < -0.4 is 5.73 Å². The summed E-state index contributed by atoms with van der Waals surface area (Å²) in [6, 6.07) is 3.47. The quantitative estimate of drug-likeness (QED) is 0.927. The Morgan fingerprint density at radius 1 is 1.38 bits per heavy atom. The first kappa shape index (κ1) is 15.4. The van der Waals surface area contributed by atoms with Crippen molar-refractivity contribution in [3.05, 3.63) is 18.0 Å². The summed E-state index contributed by atoms with van der Waals surface area (Å²) < 4.78 is 2.19. The molecule has 1 aromatic heterocycles. The molecular formula is C16H28N4S. The first-order valence-electron chi connectivity index (χ1n) is 8.31. The molecule has 0 radical (unpaired) electrons. The number of thioether (sulfide) groups is 1. The zero-order chi connectivity index (χ0) is 14.7. The largest absolute Gasteiger partial charge is 0.326 e. The Hall–Kier alpha value is -0.520. The van der Waals surface area contributed by atoms with E-state index in [0.717, 1.165) is 24.4 Å². The van der Waals surface area contributed by atoms with Crippen molar-refractivity contribution in [2.45, 2.75) is 56.7 Å². The molecule has 0 bridgehead atoms. The zero-order valence-electron chi connectivity index (χ0n) is 13.1. The average molecular weight is 308 g/mol. The van der Waals surface area contributed by atoms with Crippen molar-refractivity contribution in [1.82, 2.24) is 14.7 Å². The number of likely N-dealkylation sites (N-methyl/N-ethyl adjacent to an activating group) is 1. The van der Waals surface area contributed by atoms with Crippen molar-refractivity contribution < 1.29 is 0 Å². The summed E-state index contributed by atoms with van der Waals surface area (Å²) in [7, 11) is 2.20. The minimum Gasteiger partial charge on any atom is -0.326 e. The second-order valence-electron chi connectivity index (χ2n) is 6.57. The minimum atomic E-state index is 0.192. The lowest BCUT2D eigenvalue weighted by Gasteiger charge is -2.35. The van der Waals surface area contributed by atoms with Gasteiger partial charge in [-0.25, -0.2) is 0 Å². The Morgan fingerprint density at radius 3 is 2.95 bits per heavy atom. The molecule has 2 heterocycles. The predicted molar refractivity (Wildman–Crippen MR) is 89.8 cm³/mol. The van der Waals surface area contributed by atoms with Crippen molar-refractivity contribution in [1.29, 1.82) is 0 Å². The fraction of sp³-hybridized carbons (Fsp3) is 0.812. The fourth-order valence-corrected chi connectivity index (χ4v) is 4.90. The van der Waals surface area contributed by atoms with E-state index in [2.05, 4.69) is 28.9 Å². The molecule has 5 heteroatoms. The van der Waals surface area contributed by atoms with E-state index in [1.807, 2.05) is 11.8 Å². The van der Waals surface area contributed by atoms with Gasteiger partial charge in [-0.1, -0.05) is 19.3 Å². The molecule has 1 aromatic rings. The summed E-state index contributed by atoms with van der Waals surface area (Å²) in [6.07, 6.45) is 9.73. The summed E-state index contributed by atoms with van der Waals surface area (Å²) in [4.78, 5) is 2.42. The van der Waals surface area contributed by atoms with Crippen LogP contribution in [0.2, 0.25) is 0 Å². The smallest absolute Gasteiger partial charge is 0.0640 e. The van der Waals surface area contributed by atoms with Gasteiger partial charge in [0.05, 0.1) is 11.7 Å². The van der Waals surface area contributed by atoms with Gasteiger partial charge in [0.15, 0.2) is 0 Å². The molecule has 4 nitrogen and oxygen atoms in total. The molecule has 2 unspecified atom stereocenters. The maximum atomic E-state index is 6.45. The highest BCUT2D eigenvalue weighted by Gasteiger charge is 2.26. The monoisotopic (exact) mass is 308 g/mol. The van der Waals surface area contributed by atoms with Crippen LogP contribution in [0.1, 0.15) is 43.8 Å². The molecule has 2 aliphatic rings. The van der Waals surface area contributed by atoms with Gasteiger partial charge in [0, 0.05) is 42.8 Å². The standard InChI is InChI=1S/C16H28N4S/c1-19-9-10-21-12-16(19)15(17)11-13-7-8-20(18-13)14-5-3-2-4-6-14/h7-8,14-16H,2-6,9-12,17H2,1H3. The lowest BCUT2D eigenvalue weighted by molar-refractivity contribution is 0.234. The summed E-state index contributed by atoms with van der Waals surface area (Å²) in [5.41, 5.74) is 7.62. The van der Waals surface area contributed by atoms with Gasteiger partial charge < -0.3 is 10.6 Å². The first-order valence-corrected chi connectivity index (χ1v) is 9.47.